The highest BCUT2D eigenvalue weighted by Gasteiger charge is 2.56. The van der Waals surface area contributed by atoms with Crippen molar-refractivity contribution in [2.45, 2.75) is 71.5 Å². The van der Waals surface area contributed by atoms with Crippen LogP contribution in [0.25, 0.3) is 0 Å². The van der Waals surface area contributed by atoms with Gasteiger partial charge in [0.05, 0.1) is 26.3 Å². The molecule has 2 N–H and O–H groups in total. The number of nitrogens with one attached hydrogen (secondary N) is 2. The predicted molar refractivity (Wildman–Crippen MR) is 216 cm³/mol. The zero-order valence-corrected chi connectivity index (χ0v) is 34.7. The minimum absolute atomic E-state index is 0.00777. The summed E-state index contributed by atoms with van der Waals surface area (Å²) in [6, 6.07) is 9.27. The first-order chi connectivity index (χ1) is 28.3. The molecule has 4 rings (SSSR count). The maximum absolute atomic E-state index is 12.6. The van der Waals surface area contributed by atoms with Crippen LogP contribution in [0.3, 0.4) is 0 Å². The van der Waals surface area contributed by atoms with Crippen molar-refractivity contribution < 1.29 is 61.9 Å². The molecule has 326 valence electrons. The van der Waals surface area contributed by atoms with E-state index in [-0.39, 0.29) is 69.5 Å². The first-order valence-corrected chi connectivity index (χ1v) is 20.5. The van der Waals surface area contributed by atoms with E-state index in [0.717, 1.165) is 31.1 Å². The first-order valence-electron chi connectivity index (χ1n) is 20.5. The number of fused-ring (bicyclic) bond motifs is 5. The van der Waals surface area contributed by atoms with Gasteiger partial charge in [0.1, 0.15) is 32.2 Å². The Balaban J connectivity index is 1.20. The lowest BCUT2D eigenvalue weighted by atomic mass is 9.71. The quantitative estimate of drug-likeness (QED) is 0.0501. The Kier molecular flexibility index (Phi) is 19.2. The zero-order valence-electron chi connectivity index (χ0n) is 34.7. The van der Waals surface area contributed by atoms with Crippen molar-refractivity contribution in [2.75, 3.05) is 65.9 Å². The van der Waals surface area contributed by atoms with Crippen molar-refractivity contribution in [2.24, 2.45) is 35.5 Å². The number of carbonyl (C=O) groups excluding carboxylic acids is 5. The van der Waals surface area contributed by atoms with Gasteiger partial charge in [-0.2, -0.15) is 0 Å². The van der Waals surface area contributed by atoms with Gasteiger partial charge < -0.3 is 48.5 Å². The van der Waals surface area contributed by atoms with Gasteiger partial charge in [-0.25, -0.2) is 24.0 Å². The Bertz CT molecular complexity index is 1600. The lowest BCUT2D eigenvalue weighted by Crippen LogP contribution is -2.36. The van der Waals surface area contributed by atoms with Crippen LogP contribution in [0.4, 0.5) is 9.59 Å². The van der Waals surface area contributed by atoms with E-state index in [0.29, 0.717) is 42.6 Å². The Morgan fingerprint density at radius 2 is 1.15 bits per heavy atom. The molecule has 3 aliphatic carbocycles. The Hall–Kier alpha value is -4.89. The molecule has 1 aromatic rings. The minimum Gasteiger partial charge on any atom is -0.490 e. The fraction of sp³-hybridized carbons (Fsp3) is 0.614. The van der Waals surface area contributed by atoms with E-state index in [9.17, 15) is 24.0 Å². The molecule has 0 spiro atoms. The van der Waals surface area contributed by atoms with Crippen LogP contribution >= 0.6 is 0 Å². The second-order valence-corrected chi connectivity index (χ2v) is 15.7. The molecule has 2 bridgehead atoms. The fourth-order valence-electron chi connectivity index (χ4n) is 8.40. The Morgan fingerprint density at radius 3 is 1.71 bits per heavy atom. The second kappa shape index (κ2) is 24.3. The number of para-hydroxylation sites is 1. The molecule has 8 unspecified atom stereocenters. The summed E-state index contributed by atoms with van der Waals surface area (Å²) in [6.07, 6.45) is 3.70. The van der Waals surface area contributed by atoms with Crippen molar-refractivity contribution in [1.29, 1.82) is 0 Å². The van der Waals surface area contributed by atoms with Gasteiger partial charge in [-0.1, -0.05) is 37.9 Å². The molecule has 3 fully saturated rings. The molecule has 0 saturated heterocycles. The molecule has 0 radical (unpaired) electrons. The molecule has 0 heterocycles. The minimum atomic E-state index is -0.845. The standard InChI is InChI=1S/C44H62N2O13/c1-28(2)40(47)54-20-16-45-43(50)58-35(26-56-34-10-8-7-9-11-34)24-53-19-15-32-22-33-23-38(32)39-31(12-13-37(33)39)14-18-52-25-36(27-57-42(49)30(5)6)59-44(51)46-17-21-55-41(48)29(3)4/h7-11,31-33,35-39H,1,3,5,12-27H2,2,4,6H3,(H,45,50)(H,46,51). The fourth-order valence-corrected chi connectivity index (χ4v) is 8.40. The number of benzene rings is 1. The highest BCUT2D eigenvalue weighted by atomic mass is 16.6. The molecule has 3 aliphatic rings. The summed E-state index contributed by atoms with van der Waals surface area (Å²) in [4.78, 5) is 60.2. The summed E-state index contributed by atoms with van der Waals surface area (Å²) < 4.78 is 44.4. The van der Waals surface area contributed by atoms with Crippen LogP contribution in [0.1, 0.15) is 59.3 Å². The first kappa shape index (κ1) is 46.8. The summed E-state index contributed by atoms with van der Waals surface area (Å²) in [7, 11) is 0. The van der Waals surface area contributed by atoms with Gasteiger partial charge in [-0.05, 0) is 107 Å². The van der Waals surface area contributed by atoms with Gasteiger partial charge in [0, 0.05) is 29.9 Å². The third kappa shape index (κ3) is 15.7. The smallest absolute Gasteiger partial charge is 0.407 e. The van der Waals surface area contributed by atoms with E-state index in [1.54, 1.807) is 6.92 Å². The molecule has 3 saturated carbocycles. The van der Waals surface area contributed by atoms with Crippen LogP contribution in [-0.2, 0) is 47.5 Å². The number of hydrogen-bond donors (Lipinski definition) is 2. The number of carbonyl (C=O) groups is 5. The average Bonchev–Trinajstić information content (AvgIpc) is 3.93. The number of amides is 2. The van der Waals surface area contributed by atoms with Crippen LogP contribution in [0.15, 0.2) is 66.8 Å². The topological polar surface area (TPSA) is 183 Å². The SMILES string of the molecule is C=C(C)C(=O)OCCNC(=O)OC(COCCC1CCC2C3CC(CCOCC(COc4ccccc4)OC(=O)NCCOC(=O)C(=C)C)C(C3)C12)COC(=O)C(=C)C. The maximum Gasteiger partial charge on any atom is 0.407 e. The summed E-state index contributed by atoms with van der Waals surface area (Å²) >= 11 is 0. The van der Waals surface area contributed by atoms with E-state index >= 15 is 0 Å². The van der Waals surface area contributed by atoms with Crippen molar-refractivity contribution in [3.63, 3.8) is 0 Å². The molecule has 15 nitrogen and oxygen atoms in total. The van der Waals surface area contributed by atoms with Gasteiger partial charge in [0.2, 0.25) is 0 Å². The van der Waals surface area contributed by atoms with Crippen LogP contribution in [0, 0.1) is 35.5 Å². The molecule has 59 heavy (non-hydrogen) atoms. The lowest BCUT2D eigenvalue weighted by molar-refractivity contribution is -0.143. The van der Waals surface area contributed by atoms with E-state index < -0.39 is 42.3 Å². The highest BCUT2D eigenvalue weighted by molar-refractivity contribution is 5.87. The number of hydrogen-bond acceptors (Lipinski definition) is 13. The largest absolute Gasteiger partial charge is 0.490 e. The van der Waals surface area contributed by atoms with Crippen molar-refractivity contribution in [3.05, 3.63) is 66.8 Å². The summed E-state index contributed by atoms with van der Waals surface area (Å²) in [5.74, 6) is 2.76. The van der Waals surface area contributed by atoms with Gasteiger partial charge >= 0.3 is 30.1 Å². The molecule has 8 atom stereocenters. The van der Waals surface area contributed by atoms with E-state index in [4.69, 9.17) is 37.9 Å². The van der Waals surface area contributed by atoms with Gasteiger partial charge in [-0.3, -0.25) is 0 Å². The summed E-state index contributed by atoms with van der Waals surface area (Å²) in [5, 5.41) is 5.12. The van der Waals surface area contributed by atoms with Crippen molar-refractivity contribution in [1.82, 2.24) is 10.6 Å². The Morgan fingerprint density at radius 1 is 0.627 bits per heavy atom. The third-order valence-electron chi connectivity index (χ3n) is 11.1. The number of rotatable bonds is 26. The highest BCUT2D eigenvalue weighted by Crippen LogP contribution is 2.63. The van der Waals surface area contributed by atoms with Crippen LogP contribution in [0.2, 0.25) is 0 Å². The van der Waals surface area contributed by atoms with Crippen LogP contribution < -0.4 is 15.4 Å². The Labute approximate surface area is 347 Å². The van der Waals surface area contributed by atoms with Crippen LogP contribution in [-0.4, -0.2) is 108 Å². The maximum atomic E-state index is 12.6. The number of esters is 3. The summed E-state index contributed by atoms with van der Waals surface area (Å²) in [6.45, 7) is 16.5. The van der Waals surface area contributed by atoms with E-state index in [2.05, 4.69) is 30.4 Å². The monoisotopic (exact) mass is 826 g/mol. The van der Waals surface area contributed by atoms with Crippen LogP contribution in [0.5, 0.6) is 5.75 Å². The van der Waals surface area contributed by atoms with Gasteiger partial charge in [0.15, 0.2) is 12.2 Å². The predicted octanol–water partition coefficient (Wildman–Crippen LogP) is 5.72. The lowest BCUT2D eigenvalue weighted by Gasteiger charge is -2.35. The molecular weight excluding hydrogens is 764 g/mol. The van der Waals surface area contributed by atoms with E-state index in [1.807, 2.05) is 30.3 Å². The van der Waals surface area contributed by atoms with Crippen molar-refractivity contribution >= 4 is 30.1 Å². The molecule has 0 aromatic heterocycles. The second-order valence-electron chi connectivity index (χ2n) is 15.7. The van der Waals surface area contributed by atoms with E-state index in [1.165, 1.54) is 33.1 Å². The molecule has 2 amide bonds. The third-order valence-corrected chi connectivity index (χ3v) is 11.1. The summed E-state index contributed by atoms with van der Waals surface area (Å²) in [5.41, 5.74) is 0.760. The molecule has 15 heteroatoms. The molecular formula is C44H62N2O13. The van der Waals surface area contributed by atoms with Crippen molar-refractivity contribution in [3.8, 4) is 5.75 Å². The normalized spacial score (nSPS) is 22.2. The van der Waals surface area contributed by atoms with Gasteiger partial charge in [-0.15, -0.1) is 0 Å². The van der Waals surface area contributed by atoms with Gasteiger partial charge in [0.25, 0.3) is 0 Å². The molecule has 0 aliphatic heterocycles. The average molecular weight is 827 g/mol. The zero-order chi connectivity index (χ0) is 42.7. The molecule has 1 aromatic carbocycles. The number of alkyl carbamates (subject to hydrolysis) is 2. The number of ether oxygens (including phenoxy) is 8.